The number of imide groups is 1. The Morgan fingerprint density at radius 3 is 2.46 bits per heavy atom. The molecule has 0 bridgehead atoms. The average molecular weight is 386 g/mol. The SMILES string of the molecule is O=C(CCc1ccc(C(F)(F)F)cc1)N1CC[C@H](N2C(=O)CSC2=O)C1. The lowest BCUT2D eigenvalue weighted by Crippen LogP contribution is -2.41. The van der Waals surface area contributed by atoms with Crippen LogP contribution in [0.25, 0.3) is 0 Å². The molecule has 0 aromatic heterocycles. The molecular formula is C17H17F3N2O3S. The first-order chi connectivity index (χ1) is 12.3. The Morgan fingerprint density at radius 1 is 1.19 bits per heavy atom. The van der Waals surface area contributed by atoms with Crippen molar-refractivity contribution in [2.24, 2.45) is 0 Å². The molecule has 1 aromatic carbocycles. The van der Waals surface area contributed by atoms with Crippen molar-refractivity contribution in [3.05, 3.63) is 35.4 Å². The van der Waals surface area contributed by atoms with Gasteiger partial charge in [0.1, 0.15) is 0 Å². The van der Waals surface area contributed by atoms with Crippen LogP contribution >= 0.6 is 11.8 Å². The van der Waals surface area contributed by atoms with Crippen LogP contribution in [0.15, 0.2) is 24.3 Å². The predicted octanol–water partition coefficient (Wildman–Crippen LogP) is 2.93. The Hall–Kier alpha value is -2.03. The molecule has 0 N–H and O–H groups in total. The summed E-state index contributed by atoms with van der Waals surface area (Å²) in [4.78, 5) is 38.7. The lowest BCUT2D eigenvalue weighted by Gasteiger charge is -2.22. The molecule has 2 aliphatic rings. The summed E-state index contributed by atoms with van der Waals surface area (Å²) >= 11 is 0.974. The van der Waals surface area contributed by atoms with Crippen molar-refractivity contribution in [3.8, 4) is 0 Å². The van der Waals surface area contributed by atoms with Gasteiger partial charge in [-0.3, -0.25) is 19.3 Å². The number of hydrogen-bond acceptors (Lipinski definition) is 4. The average Bonchev–Trinajstić information content (AvgIpc) is 3.19. The molecule has 1 aromatic rings. The van der Waals surface area contributed by atoms with E-state index in [4.69, 9.17) is 0 Å². The van der Waals surface area contributed by atoms with E-state index in [0.29, 0.717) is 31.5 Å². The highest BCUT2D eigenvalue weighted by molar-refractivity contribution is 8.14. The van der Waals surface area contributed by atoms with Crippen LogP contribution in [-0.4, -0.2) is 51.7 Å². The molecule has 0 saturated carbocycles. The van der Waals surface area contributed by atoms with Crippen LogP contribution in [0.3, 0.4) is 0 Å². The summed E-state index contributed by atoms with van der Waals surface area (Å²) in [6.07, 6.45) is -3.30. The number of benzene rings is 1. The van der Waals surface area contributed by atoms with Gasteiger partial charge in [0.05, 0.1) is 17.4 Å². The van der Waals surface area contributed by atoms with Crippen molar-refractivity contribution >= 4 is 28.8 Å². The van der Waals surface area contributed by atoms with Gasteiger partial charge in [-0.2, -0.15) is 13.2 Å². The summed E-state index contributed by atoms with van der Waals surface area (Å²) < 4.78 is 37.6. The highest BCUT2D eigenvalue weighted by Gasteiger charge is 2.40. The number of likely N-dealkylation sites (tertiary alicyclic amines) is 1. The molecule has 0 spiro atoms. The molecule has 3 amide bonds. The van der Waals surface area contributed by atoms with Gasteiger partial charge in [0, 0.05) is 19.5 Å². The zero-order valence-corrected chi connectivity index (χ0v) is 14.6. The second kappa shape index (κ2) is 7.30. The smallest absolute Gasteiger partial charge is 0.341 e. The fraction of sp³-hybridized carbons (Fsp3) is 0.471. The van der Waals surface area contributed by atoms with Gasteiger partial charge in [0.25, 0.3) is 5.24 Å². The minimum absolute atomic E-state index is 0.126. The second-order valence-corrected chi connectivity index (χ2v) is 7.22. The van der Waals surface area contributed by atoms with Crippen molar-refractivity contribution in [2.75, 3.05) is 18.8 Å². The molecule has 2 aliphatic heterocycles. The van der Waals surface area contributed by atoms with E-state index in [1.165, 1.54) is 17.0 Å². The maximum absolute atomic E-state index is 12.5. The van der Waals surface area contributed by atoms with Crippen molar-refractivity contribution in [2.45, 2.75) is 31.5 Å². The third-order valence-electron chi connectivity index (χ3n) is 4.57. The van der Waals surface area contributed by atoms with Gasteiger partial charge in [-0.15, -0.1) is 0 Å². The number of halogens is 3. The number of nitrogens with zero attached hydrogens (tertiary/aromatic N) is 2. The highest BCUT2D eigenvalue weighted by Crippen LogP contribution is 2.29. The van der Waals surface area contributed by atoms with Crippen LogP contribution in [0.4, 0.5) is 18.0 Å². The number of rotatable bonds is 4. The van der Waals surface area contributed by atoms with Gasteiger partial charge in [0.2, 0.25) is 11.8 Å². The van der Waals surface area contributed by atoms with Crippen LogP contribution < -0.4 is 0 Å². The van der Waals surface area contributed by atoms with Crippen molar-refractivity contribution < 1.29 is 27.6 Å². The summed E-state index contributed by atoms with van der Waals surface area (Å²) in [7, 11) is 0. The lowest BCUT2D eigenvalue weighted by molar-refractivity contribution is -0.137. The second-order valence-electron chi connectivity index (χ2n) is 6.30. The van der Waals surface area contributed by atoms with E-state index in [1.54, 1.807) is 4.90 Å². The topological polar surface area (TPSA) is 57.7 Å². The maximum atomic E-state index is 12.5. The van der Waals surface area contributed by atoms with E-state index < -0.39 is 11.7 Å². The summed E-state index contributed by atoms with van der Waals surface area (Å²) in [6.45, 7) is 0.794. The molecule has 0 radical (unpaired) electrons. The fourth-order valence-corrected chi connectivity index (χ4v) is 3.94. The Labute approximate surface area is 152 Å². The molecular weight excluding hydrogens is 369 g/mol. The Kier molecular flexibility index (Phi) is 5.27. The summed E-state index contributed by atoms with van der Waals surface area (Å²) in [5.74, 6) is -0.194. The van der Waals surface area contributed by atoms with Gasteiger partial charge in [0.15, 0.2) is 0 Å². The van der Waals surface area contributed by atoms with Crippen LogP contribution in [0.1, 0.15) is 24.0 Å². The van der Waals surface area contributed by atoms with E-state index >= 15 is 0 Å². The Morgan fingerprint density at radius 2 is 1.88 bits per heavy atom. The van der Waals surface area contributed by atoms with E-state index in [1.807, 2.05) is 0 Å². The third-order valence-corrected chi connectivity index (χ3v) is 5.41. The lowest BCUT2D eigenvalue weighted by atomic mass is 10.1. The number of hydrogen-bond donors (Lipinski definition) is 0. The van der Waals surface area contributed by atoms with E-state index in [9.17, 15) is 27.6 Å². The molecule has 1 atom stereocenters. The standard InChI is InChI=1S/C17H17F3N2O3S/c18-17(19,20)12-4-1-11(2-5-12)3-6-14(23)21-8-7-13(9-21)22-15(24)10-26-16(22)25/h1-2,4-5,13H,3,6-10H2/t13-/m0/s1. The Bertz CT molecular complexity index is 705. The largest absolute Gasteiger partial charge is 0.416 e. The molecule has 2 fully saturated rings. The fourth-order valence-electron chi connectivity index (χ4n) is 3.17. The summed E-state index contributed by atoms with van der Waals surface area (Å²) in [5, 5.41) is -0.265. The monoisotopic (exact) mass is 386 g/mol. The number of carbonyl (C=O) groups is 3. The van der Waals surface area contributed by atoms with Gasteiger partial charge in [-0.25, -0.2) is 0 Å². The number of alkyl halides is 3. The third kappa shape index (κ3) is 4.03. The van der Waals surface area contributed by atoms with Crippen LogP contribution in [0, 0.1) is 0 Å². The molecule has 0 aliphatic carbocycles. The minimum atomic E-state index is -4.37. The molecule has 3 rings (SSSR count). The molecule has 2 saturated heterocycles. The number of carbonyl (C=O) groups excluding carboxylic acids is 3. The number of aryl methyl sites for hydroxylation is 1. The van der Waals surface area contributed by atoms with Crippen molar-refractivity contribution in [3.63, 3.8) is 0 Å². The van der Waals surface area contributed by atoms with Crippen molar-refractivity contribution in [1.82, 2.24) is 9.80 Å². The van der Waals surface area contributed by atoms with E-state index in [-0.39, 0.29) is 35.3 Å². The first-order valence-corrected chi connectivity index (χ1v) is 9.17. The highest BCUT2D eigenvalue weighted by atomic mass is 32.2. The maximum Gasteiger partial charge on any atom is 0.416 e. The quantitative estimate of drug-likeness (QED) is 0.799. The predicted molar refractivity (Wildman–Crippen MR) is 89.5 cm³/mol. The van der Waals surface area contributed by atoms with E-state index in [0.717, 1.165) is 23.9 Å². The zero-order valence-electron chi connectivity index (χ0n) is 13.8. The number of thioether (sulfide) groups is 1. The van der Waals surface area contributed by atoms with Crippen molar-refractivity contribution in [1.29, 1.82) is 0 Å². The molecule has 0 unspecified atom stereocenters. The number of amides is 3. The first-order valence-electron chi connectivity index (χ1n) is 8.18. The molecule has 26 heavy (non-hydrogen) atoms. The normalized spacial score (nSPS) is 21.0. The van der Waals surface area contributed by atoms with Crippen LogP contribution in [-0.2, 0) is 22.2 Å². The van der Waals surface area contributed by atoms with Crippen LogP contribution in [0.2, 0.25) is 0 Å². The minimum Gasteiger partial charge on any atom is -0.341 e. The van der Waals surface area contributed by atoms with Gasteiger partial charge in [-0.1, -0.05) is 23.9 Å². The molecule has 5 nitrogen and oxygen atoms in total. The Balaban J connectivity index is 1.51. The van der Waals surface area contributed by atoms with Gasteiger partial charge < -0.3 is 4.90 Å². The van der Waals surface area contributed by atoms with E-state index in [2.05, 4.69) is 0 Å². The summed E-state index contributed by atoms with van der Waals surface area (Å²) in [5.41, 5.74) is -0.0591. The molecule has 140 valence electrons. The molecule has 9 heteroatoms. The zero-order chi connectivity index (χ0) is 18.9. The van der Waals surface area contributed by atoms with Crippen LogP contribution in [0.5, 0.6) is 0 Å². The first kappa shape index (κ1) is 18.8. The van der Waals surface area contributed by atoms with Gasteiger partial charge >= 0.3 is 6.18 Å². The molecule has 2 heterocycles. The summed E-state index contributed by atoms with van der Waals surface area (Å²) in [6, 6.07) is 4.49. The van der Waals surface area contributed by atoms with Gasteiger partial charge in [-0.05, 0) is 30.5 Å².